The molecule has 33 heavy (non-hydrogen) atoms. The van der Waals surface area contributed by atoms with E-state index >= 15 is 0 Å². The van der Waals surface area contributed by atoms with E-state index in [0.717, 1.165) is 49.8 Å². The van der Waals surface area contributed by atoms with Gasteiger partial charge in [0.05, 0.1) is 17.3 Å². The molecule has 2 aliphatic heterocycles. The van der Waals surface area contributed by atoms with E-state index < -0.39 is 17.5 Å². The van der Waals surface area contributed by atoms with Crippen molar-refractivity contribution in [3.05, 3.63) is 58.4 Å². The lowest BCUT2D eigenvalue weighted by atomic mass is 9.97. The fraction of sp³-hybridized carbons (Fsp3) is 0.458. The number of likely N-dealkylation sites (tertiary alicyclic amines) is 1. The molecule has 7 nitrogen and oxygen atoms in total. The lowest BCUT2D eigenvalue weighted by Gasteiger charge is -2.35. The van der Waals surface area contributed by atoms with Gasteiger partial charge in [-0.05, 0) is 57.2 Å². The number of anilines is 1. The number of aryl methyl sites for hydroxylation is 2. The van der Waals surface area contributed by atoms with Crippen LogP contribution in [0.1, 0.15) is 58.9 Å². The molecule has 2 saturated heterocycles. The number of fused-ring (bicyclic) bond motifs is 1. The Balaban J connectivity index is 1.49. The fourth-order valence-corrected chi connectivity index (χ4v) is 5.00. The monoisotopic (exact) mass is 454 g/mol. The van der Waals surface area contributed by atoms with Crippen LogP contribution >= 0.6 is 0 Å². The number of piperidine rings is 1. The Bertz CT molecular complexity index is 1230. The van der Waals surface area contributed by atoms with Crippen molar-refractivity contribution in [2.45, 2.75) is 51.6 Å². The first-order chi connectivity index (χ1) is 15.8. The number of carbonyl (C=O) groups excluding carboxylic acids is 1. The van der Waals surface area contributed by atoms with Crippen molar-refractivity contribution < 1.29 is 13.6 Å². The van der Waals surface area contributed by atoms with Gasteiger partial charge in [0, 0.05) is 43.5 Å². The number of hydrogen-bond donors (Lipinski definition) is 1. The van der Waals surface area contributed by atoms with Gasteiger partial charge >= 0.3 is 0 Å². The number of nitrogens with zero attached hydrogens (tertiary/aromatic N) is 5. The molecular formula is C24H28F2N6O. The van der Waals surface area contributed by atoms with Crippen LogP contribution in [0, 0.1) is 25.5 Å². The highest BCUT2D eigenvalue weighted by Gasteiger charge is 2.33. The van der Waals surface area contributed by atoms with Gasteiger partial charge in [0.2, 0.25) is 0 Å². The van der Waals surface area contributed by atoms with Gasteiger partial charge in [-0.1, -0.05) is 0 Å². The first-order valence-corrected chi connectivity index (χ1v) is 11.5. The number of amides is 1. The summed E-state index contributed by atoms with van der Waals surface area (Å²) in [5, 5.41) is 4.71. The molecule has 3 aromatic rings. The Labute approximate surface area is 191 Å². The maximum absolute atomic E-state index is 14.5. The molecule has 0 radical (unpaired) electrons. The predicted octanol–water partition coefficient (Wildman–Crippen LogP) is 3.53. The summed E-state index contributed by atoms with van der Waals surface area (Å²) in [6.07, 6.45) is 5.32. The Kier molecular flexibility index (Phi) is 5.52. The van der Waals surface area contributed by atoms with Crippen LogP contribution in [0.4, 0.5) is 14.6 Å². The first-order valence-electron chi connectivity index (χ1n) is 11.5. The number of benzene rings is 1. The highest BCUT2D eigenvalue weighted by molar-refractivity contribution is 5.95. The molecule has 2 aliphatic rings. The third kappa shape index (κ3) is 3.94. The van der Waals surface area contributed by atoms with Crippen LogP contribution in [0.5, 0.6) is 0 Å². The smallest absolute Gasteiger partial charge is 0.257 e. The predicted molar refractivity (Wildman–Crippen MR) is 121 cm³/mol. The van der Waals surface area contributed by atoms with E-state index in [-0.39, 0.29) is 17.6 Å². The largest absolute Gasteiger partial charge is 0.355 e. The van der Waals surface area contributed by atoms with Crippen molar-refractivity contribution in [3.8, 4) is 0 Å². The zero-order valence-electron chi connectivity index (χ0n) is 18.9. The first kappa shape index (κ1) is 21.8. The van der Waals surface area contributed by atoms with Crippen LogP contribution in [-0.4, -0.2) is 51.1 Å². The lowest BCUT2D eigenvalue weighted by molar-refractivity contribution is 0.0599. The highest BCUT2D eigenvalue weighted by atomic mass is 19.2. The maximum atomic E-state index is 14.5. The normalized spacial score (nSPS) is 21.2. The SMILES string of the molecule is Cc1cc(F)c(F)c(C(=O)N2CCCC[C@H]2c2cc3nc(N4CC[C@H](N)C4)c(C)cn3n2)c1. The molecule has 0 bridgehead atoms. The van der Waals surface area contributed by atoms with Gasteiger partial charge in [-0.3, -0.25) is 4.79 Å². The van der Waals surface area contributed by atoms with Crippen molar-refractivity contribution in [2.24, 2.45) is 5.73 Å². The molecular weight excluding hydrogens is 426 g/mol. The van der Waals surface area contributed by atoms with Gasteiger partial charge in [-0.15, -0.1) is 0 Å². The molecule has 5 rings (SSSR count). The molecule has 174 valence electrons. The number of halogens is 2. The van der Waals surface area contributed by atoms with E-state index in [9.17, 15) is 13.6 Å². The van der Waals surface area contributed by atoms with Crippen molar-refractivity contribution in [2.75, 3.05) is 24.5 Å². The molecule has 2 atom stereocenters. The zero-order chi connectivity index (χ0) is 23.3. The summed E-state index contributed by atoms with van der Waals surface area (Å²) in [6.45, 7) is 5.76. The summed E-state index contributed by atoms with van der Waals surface area (Å²) in [5.74, 6) is -1.72. The minimum Gasteiger partial charge on any atom is -0.355 e. The van der Waals surface area contributed by atoms with E-state index in [1.165, 1.54) is 6.07 Å². The minimum atomic E-state index is -1.10. The molecule has 1 aromatic carbocycles. The Morgan fingerprint density at radius 3 is 2.70 bits per heavy atom. The number of hydrogen-bond acceptors (Lipinski definition) is 5. The highest BCUT2D eigenvalue weighted by Crippen LogP contribution is 2.33. The van der Waals surface area contributed by atoms with Crippen LogP contribution in [0.3, 0.4) is 0 Å². The number of aromatic nitrogens is 3. The minimum absolute atomic E-state index is 0.150. The third-order valence-corrected chi connectivity index (χ3v) is 6.66. The van der Waals surface area contributed by atoms with Gasteiger partial charge < -0.3 is 15.5 Å². The second-order valence-corrected chi connectivity index (χ2v) is 9.23. The van der Waals surface area contributed by atoms with Crippen LogP contribution in [0.15, 0.2) is 24.4 Å². The average Bonchev–Trinajstić information content (AvgIpc) is 3.40. The number of nitrogens with two attached hydrogens (primary N) is 1. The van der Waals surface area contributed by atoms with Gasteiger partial charge in [0.25, 0.3) is 5.91 Å². The van der Waals surface area contributed by atoms with Gasteiger partial charge in [-0.2, -0.15) is 5.10 Å². The molecule has 0 saturated carbocycles. The van der Waals surface area contributed by atoms with Crippen LogP contribution in [0.25, 0.3) is 5.65 Å². The maximum Gasteiger partial charge on any atom is 0.257 e. The topological polar surface area (TPSA) is 79.8 Å². The Morgan fingerprint density at radius 1 is 1.12 bits per heavy atom. The summed E-state index contributed by atoms with van der Waals surface area (Å²) in [7, 11) is 0. The van der Waals surface area contributed by atoms with Crippen molar-refractivity contribution >= 4 is 17.4 Å². The van der Waals surface area contributed by atoms with E-state index in [1.54, 1.807) is 16.3 Å². The van der Waals surface area contributed by atoms with Crippen molar-refractivity contribution in [3.63, 3.8) is 0 Å². The molecule has 9 heteroatoms. The third-order valence-electron chi connectivity index (χ3n) is 6.66. The number of rotatable bonds is 3. The second-order valence-electron chi connectivity index (χ2n) is 9.23. The van der Waals surface area contributed by atoms with Gasteiger partial charge in [-0.25, -0.2) is 18.3 Å². The van der Waals surface area contributed by atoms with Crippen LogP contribution in [0.2, 0.25) is 0 Å². The standard InChI is InChI=1S/C24H28F2N6O/c1-14-9-17(22(26)18(25)10-14)24(33)31-7-4-3-5-20(31)19-11-21-28-23(15(2)12-32(21)29-19)30-8-6-16(27)13-30/h9-12,16,20H,3-8,13,27H2,1-2H3/t16-,20-/m0/s1. The van der Waals surface area contributed by atoms with E-state index in [2.05, 4.69) is 4.90 Å². The molecule has 2 fully saturated rings. The molecule has 2 N–H and O–H groups in total. The quantitative estimate of drug-likeness (QED) is 0.655. The van der Waals surface area contributed by atoms with E-state index in [4.69, 9.17) is 15.8 Å². The van der Waals surface area contributed by atoms with Crippen molar-refractivity contribution in [1.82, 2.24) is 19.5 Å². The Hall–Kier alpha value is -3.07. The number of carbonyl (C=O) groups is 1. The Morgan fingerprint density at radius 2 is 1.94 bits per heavy atom. The lowest BCUT2D eigenvalue weighted by Crippen LogP contribution is -2.39. The molecule has 1 amide bonds. The van der Waals surface area contributed by atoms with Crippen LogP contribution in [-0.2, 0) is 0 Å². The van der Waals surface area contributed by atoms with Gasteiger partial charge in [0.1, 0.15) is 5.82 Å². The zero-order valence-corrected chi connectivity index (χ0v) is 18.9. The summed E-state index contributed by atoms with van der Waals surface area (Å²) >= 11 is 0. The molecule has 2 aromatic heterocycles. The van der Waals surface area contributed by atoms with E-state index in [0.29, 0.717) is 29.9 Å². The molecule has 4 heterocycles. The summed E-state index contributed by atoms with van der Waals surface area (Å²) in [6, 6.07) is 4.23. The fourth-order valence-electron chi connectivity index (χ4n) is 5.00. The summed E-state index contributed by atoms with van der Waals surface area (Å²) in [5.41, 5.74) is 8.75. The summed E-state index contributed by atoms with van der Waals surface area (Å²) in [4.78, 5) is 21.9. The second kappa shape index (κ2) is 8.37. The van der Waals surface area contributed by atoms with Crippen LogP contribution < -0.4 is 10.6 Å². The summed E-state index contributed by atoms with van der Waals surface area (Å²) < 4.78 is 30.2. The molecule has 0 spiro atoms. The molecule has 0 unspecified atom stereocenters. The van der Waals surface area contributed by atoms with Gasteiger partial charge in [0.15, 0.2) is 17.3 Å². The average molecular weight is 455 g/mol. The molecule has 0 aliphatic carbocycles. The van der Waals surface area contributed by atoms with E-state index in [1.807, 2.05) is 19.2 Å². The van der Waals surface area contributed by atoms with Crippen molar-refractivity contribution in [1.29, 1.82) is 0 Å².